The molecule has 6 nitrogen and oxygen atoms in total. The third-order valence-electron chi connectivity index (χ3n) is 2.71. The fourth-order valence-corrected chi connectivity index (χ4v) is 1.75. The number of benzene rings is 1. The van der Waals surface area contributed by atoms with E-state index in [1.165, 1.54) is 6.33 Å². The van der Waals surface area contributed by atoms with Crippen LogP contribution < -0.4 is 10.6 Å². The van der Waals surface area contributed by atoms with Gasteiger partial charge in [-0.05, 0) is 11.6 Å². The summed E-state index contributed by atoms with van der Waals surface area (Å²) in [5.74, 6) is 1.51. The predicted octanol–water partition coefficient (Wildman–Crippen LogP) is 1.32. The Hall–Kier alpha value is -2.63. The molecule has 0 amide bonds. The zero-order chi connectivity index (χ0) is 14.2. The number of hydrogen-bond donors (Lipinski definition) is 3. The molecule has 3 N–H and O–H groups in total. The Morgan fingerprint density at radius 3 is 3.05 bits per heavy atom. The lowest BCUT2D eigenvalue weighted by Gasteiger charge is -2.10. The van der Waals surface area contributed by atoms with Crippen LogP contribution in [0, 0.1) is 0 Å². The molecule has 20 heavy (non-hydrogen) atoms. The highest BCUT2D eigenvalue weighted by Gasteiger charge is 2.02. The van der Waals surface area contributed by atoms with Gasteiger partial charge in [0.25, 0.3) is 0 Å². The highest BCUT2D eigenvalue weighted by molar-refractivity contribution is 5.79. The maximum Gasteiger partial charge on any atom is 0.191 e. The predicted molar refractivity (Wildman–Crippen MR) is 80.2 cm³/mol. The molecule has 0 aliphatic rings. The van der Waals surface area contributed by atoms with Gasteiger partial charge in [0.1, 0.15) is 6.33 Å². The molecule has 2 aromatic rings. The Morgan fingerprint density at radius 1 is 1.45 bits per heavy atom. The monoisotopic (exact) mass is 270 g/mol. The van der Waals surface area contributed by atoms with Crippen molar-refractivity contribution in [2.75, 3.05) is 13.6 Å². The Labute approximate surface area is 118 Å². The number of H-pyrrole nitrogens is 1. The molecule has 0 unspecified atom stereocenters. The van der Waals surface area contributed by atoms with Gasteiger partial charge in [0.15, 0.2) is 11.8 Å². The summed E-state index contributed by atoms with van der Waals surface area (Å²) in [6.45, 7) is 5.02. The van der Waals surface area contributed by atoms with Crippen LogP contribution in [0.4, 0.5) is 0 Å². The molecule has 0 atom stereocenters. The fourth-order valence-electron chi connectivity index (χ4n) is 1.75. The van der Waals surface area contributed by atoms with Crippen molar-refractivity contribution >= 4 is 5.96 Å². The van der Waals surface area contributed by atoms with E-state index < -0.39 is 0 Å². The summed E-state index contributed by atoms with van der Waals surface area (Å²) in [5, 5.41) is 13.1. The van der Waals surface area contributed by atoms with Gasteiger partial charge in [0, 0.05) is 25.7 Å². The van der Waals surface area contributed by atoms with Crippen molar-refractivity contribution in [3.63, 3.8) is 0 Å². The average molecular weight is 270 g/mol. The summed E-state index contributed by atoms with van der Waals surface area (Å²) >= 11 is 0. The van der Waals surface area contributed by atoms with Crippen molar-refractivity contribution < 1.29 is 0 Å². The molecule has 0 aliphatic heterocycles. The lowest BCUT2D eigenvalue weighted by atomic mass is 10.1. The highest BCUT2D eigenvalue weighted by atomic mass is 15.2. The summed E-state index contributed by atoms with van der Waals surface area (Å²) in [6.07, 6.45) is 3.29. The molecular weight excluding hydrogens is 252 g/mol. The zero-order valence-corrected chi connectivity index (χ0v) is 11.4. The normalized spacial score (nSPS) is 11.2. The van der Waals surface area contributed by atoms with Crippen LogP contribution in [0.2, 0.25) is 0 Å². The first-order valence-corrected chi connectivity index (χ1v) is 6.33. The van der Waals surface area contributed by atoms with Crippen LogP contribution in [-0.2, 0) is 6.54 Å². The Bertz CT molecular complexity index is 573. The van der Waals surface area contributed by atoms with E-state index in [4.69, 9.17) is 0 Å². The van der Waals surface area contributed by atoms with E-state index in [1.807, 2.05) is 18.2 Å². The van der Waals surface area contributed by atoms with Gasteiger partial charge < -0.3 is 10.6 Å². The van der Waals surface area contributed by atoms with Gasteiger partial charge >= 0.3 is 0 Å². The number of aliphatic imine (C=N–C) groups is 1. The molecule has 0 radical (unpaired) electrons. The molecule has 0 aliphatic carbocycles. The molecule has 6 heteroatoms. The lowest BCUT2D eigenvalue weighted by Crippen LogP contribution is -2.36. The molecule has 2 rings (SSSR count). The number of aromatic nitrogens is 3. The Morgan fingerprint density at radius 2 is 2.35 bits per heavy atom. The van der Waals surface area contributed by atoms with Gasteiger partial charge in [-0.15, -0.1) is 6.58 Å². The molecule has 0 fully saturated rings. The summed E-state index contributed by atoms with van der Waals surface area (Å²) in [6, 6.07) is 8.10. The van der Waals surface area contributed by atoms with Crippen LogP contribution in [0.3, 0.4) is 0 Å². The molecule has 0 spiro atoms. The highest BCUT2D eigenvalue weighted by Crippen LogP contribution is 2.15. The van der Waals surface area contributed by atoms with Gasteiger partial charge in [0.2, 0.25) is 0 Å². The quantitative estimate of drug-likeness (QED) is 0.435. The smallest absolute Gasteiger partial charge is 0.191 e. The maximum absolute atomic E-state index is 4.15. The molecular formula is C14H18N6. The minimum absolute atomic E-state index is 0.678. The van der Waals surface area contributed by atoms with E-state index in [0.29, 0.717) is 13.1 Å². The zero-order valence-electron chi connectivity index (χ0n) is 11.4. The van der Waals surface area contributed by atoms with Crippen molar-refractivity contribution in [1.29, 1.82) is 0 Å². The second kappa shape index (κ2) is 7.08. The van der Waals surface area contributed by atoms with E-state index >= 15 is 0 Å². The second-order valence-corrected chi connectivity index (χ2v) is 4.13. The number of rotatable bonds is 5. The van der Waals surface area contributed by atoms with E-state index in [0.717, 1.165) is 22.9 Å². The van der Waals surface area contributed by atoms with Gasteiger partial charge in [-0.25, -0.2) is 4.98 Å². The van der Waals surface area contributed by atoms with E-state index in [2.05, 4.69) is 43.5 Å². The van der Waals surface area contributed by atoms with Crippen LogP contribution in [0.25, 0.3) is 11.4 Å². The van der Waals surface area contributed by atoms with Crippen molar-refractivity contribution in [1.82, 2.24) is 25.8 Å². The van der Waals surface area contributed by atoms with Crippen molar-refractivity contribution in [2.24, 2.45) is 4.99 Å². The second-order valence-electron chi connectivity index (χ2n) is 4.13. The first-order chi connectivity index (χ1) is 9.83. The molecule has 104 valence electrons. The topological polar surface area (TPSA) is 78.0 Å². The van der Waals surface area contributed by atoms with Crippen LogP contribution in [0.5, 0.6) is 0 Å². The van der Waals surface area contributed by atoms with Gasteiger partial charge in [-0.3, -0.25) is 10.1 Å². The average Bonchev–Trinajstić information content (AvgIpc) is 3.02. The van der Waals surface area contributed by atoms with E-state index in [1.54, 1.807) is 13.1 Å². The minimum Gasteiger partial charge on any atom is -0.353 e. The van der Waals surface area contributed by atoms with E-state index in [9.17, 15) is 0 Å². The Balaban J connectivity index is 2.00. The van der Waals surface area contributed by atoms with E-state index in [-0.39, 0.29) is 0 Å². The van der Waals surface area contributed by atoms with Gasteiger partial charge in [-0.2, -0.15) is 5.10 Å². The third kappa shape index (κ3) is 3.68. The fraction of sp³-hybridized carbons (Fsp3) is 0.214. The minimum atomic E-state index is 0.678. The Kier molecular flexibility index (Phi) is 4.88. The number of nitrogens with one attached hydrogen (secondary N) is 3. The summed E-state index contributed by atoms with van der Waals surface area (Å²) in [4.78, 5) is 8.28. The number of guanidine groups is 1. The third-order valence-corrected chi connectivity index (χ3v) is 2.71. The largest absolute Gasteiger partial charge is 0.353 e. The molecule has 0 bridgehead atoms. The molecule has 1 aromatic heterocycles. The molecule has 1 aromatic carbocycles. The van der Waals surface area contributed by atoms with Crippen LogP contribution >= 0.6 is 0 Å². The number of hydrogen-bond acceptors (Lipinski definition) is 3. The van der Waals surface area contributed by atoms with Crippen molar-refractivity contribution in [2.45, 2.75) is 6.54 Å². The molecule has 0 saturated heterocycles. The number of aromatic amines is 1. The van der Waals surface area contributed by atoms with Crippen LogP contribution in [0.15, 0.2) is 48.2 Å². The van der Waals surface area contributed by atoms with Gasteiger partial charge in [-0.1, -0.05) is 24.3 Å². The standard InChI is InChI=1S/C14H18N6/c1-3-7-16-14(15-2)17-9-11-5-4-6-12(8-11)13-18-10-19-20-13/h3-6,8,10H,1,7,9H2,2H3,(H2,15,16,17)(H,18,19,20). The summed E-state index contributed by atoms with van der Waals surface area (Å²) < 4.78 is 0. The molecule has 1 heterocycles. The summed E-state index contributed by atoms with van der Waals surface area (Å²) in [5.41, 5.74) is 2.15. The van der Waals surface area contributed by atoms with Gasteiger partial charge in [0.05, 0.1) is 0 Å². The first-order valence-electron chi connectivity index (χ1n) is 6.33. The van der Waals surface area contributed by atoms with Crippen LogP contribution in [-0.4, -0.2) is 34.7 Å². The van der Waals surface area contributed by atoms with Crippen molar-refractivity contribution in [3.8, 4) is 11.4 Å². The molecule has 0 saturated carbocycles. The summed E-state index contributed by atoms with van der Waals surface area (Å²) in [7, 11) is 1.74. The SMILES string of the molecule is C=CCNC(=NC)NCc1cccc(-c2ncn[nH]2)c1. The lowest BCUT2D eigenvalue weighted by molar-refractivity contribution is 0.847. The first kappa shape index (κ1) is 13.8. The number of nitrogens with zero attached hydrogens (tertiary/aromatic N) is 3. The van der Waals surface area contributed by atoms with Crippen molar-refractivity contribution in [3.05, 3.63) is 48.8 Å². The maximum atomic E-state index is 4.15. The van der Waals surface area contributed by atoms with Crippen LogP contribution in [0.1, 0.15) is 5.56 Å².